The Kier molecular flexibility index (Phi) is 5.54. The van der Waals surface area contributed by atoms with Crippen LogP contribution in [0.4, 0.5) is 0 Å². The number of carbonyl (C=O) groups excluding carboxylic acids is 1. The van der Waals surface area contributed by atoms with E-state index >= 15 is 0 Å². The van der Waals surface area contributed by atoms with Crippen LogP contribution >= 0.6 is 23.2 Å². The summed E-state index contributed by atoms with van der Waals surface area (Å²) in [6, 6.07) is 19.8. The number of aromatic nitrogens is 1. The first kappa shape index (κ1) is 20.5. The van der Waals surface area contributed by atoms with Crippen LogP contribution < -0.4 is 5.43 Å². The van der Waals surface area contributed by atoms with Gasteiger partial charge in [0.25, 0.3) is 0 Å². The number of likely N-dealkylation sites (N-methyl/N-ethyl adjacent to an activating group) is 1. The predicted molar refractivity (Wildman–Crippen MR) is 123 cm³/mol. The van der Waals surface area contributed by atoms with Gasteiger partial charge in [-0.1, -0.05) is 53.5 Å². The highest BCUT2D eigenvalue weighted by atomic mass is 35.5. The van der Waals surface area contributed by atoms with E-state index in [1.165, 1.54) is 0 Å². The first-order valence-electron chi connectivity index (χ1n) is 9.59. The van der Waals surface area contributed by atoms with Gasteiger partial charge in [-0.05, 0) is 48.9 Å². The fraction of sp³-hybridized carbons (Fsp3) is 0.167. The molecule has 0 fully saturated rings. The van der Waals surface area contributed by atoms with Gasteiger partial charge in [0.1, 0.15) is 6.54 Å². The fourth-order valence-corrected chi connectivity index (χ4v) is 4.33. The monoisotopic (exact) mass is 438 g/mol. The van der Waals surface area contributed by atoms with Crippen LogP contribution in [0, 0.1) is 0 Å². The van der Waals surface area contributed by atoms with Crippen molar-refractivity contribution in [3.05, 3.63) is 92.6 Å². The molecule has 0 N–H and O–H groups in total. The molecule has 0 spiro atoms. The zero-order chi connectivity index (χ0) is 21.4. The number of halogens is 2. The van der Waals surface area contributed by atoms with Crippen molar-refractivity contribution in [1.82, 2.24) is 9.47 Å². The summed E-state index contributed by atoms with van der Waals surface area (Å²) in [5, 5.41) is 2.27. The van der Waals surface area contributed by atoms with Crippen molar-refractivity contribution < 1.29 is 4.79 Å². The van der Waals surface area contributed by atoms with E-state index < -0.39 is 0 Å². The van der Waals surface area contributed by atoms with E-state index in [1.807, 2.05) is 54.0 Å². The van der Waals surface area contributed by atoms with Crippen LogP contribution in [0.1, 0.15) is 18.5 Å². The summed E-state index contributed by atoms with van der Waals surface area (Å²) >= 11 is 12.3. The van der Waals surface area contributed by atoms with E-state index in [-0.39, 0.29) is 23.9 Å². The van der Waals surface area contributed by atoms with Gasteiger partial charge in [0.05, 0.1) is 17.1 Å². The van der Waals surface area contributed by atoms with Crippen molar-refractivity contribution in [2.24, 2.45) is 0 Å². The normalized spacial score (nSPS) is 12.3. The van der Waals surface area contributed by atoms with Crippen molar-refractivity contribution in [3.8, 4) is 0 Å². The van der Waals surface area contributed by atoms with E-state index in [9.17, 15) is 9.59 Å². The molecule has 1 heterocycles. The average molecular weight is 439 g/mol. The molecule has 0 aliphatic carbocycles. The number of hydrogen-bond donors (Lipinski definition) is 0. The number of para-hydroxylation sites is 2. The Balaban J connectivity index is 1.75. The molecule has 1 amide bonds. The summed E-state index contributed by atoms with van der Waals surface area (Å²) in [5.74, 6) is -0.0903. The second-order valence-corrected chi connectivity index (χ2v) is 8.14. The zero-order valence-electron chi connectivity index (χ0n) is 16.6. The highest BCUT2D eigenvalue weighted by Crippen LogP contribution is 2.29. The lowest BCUT2D eigenvalue weighted by Gasteiger charge is -2.27. The quantitative estimate of drug-likeness (QED) is 0.384. The molecule has 1 unspecified atom stereocenters. The second kappa shape index (κ2) is 8.13. The van der Waals surface area contributed by atoms with Crippen LogP contribution in [-0.2, 0) is 11.3 Å². The van der Waals surface area contributed by atoms with E-state index in [2.05, 4.69) is 0 Å². The van der Waals surface area contributed by atoms with Crippen molar-refractivity contribution in [2.45, 2.75) is 19.5 Å². The Morgan fingerprint density at radius 3 is 2.10 bits per heavy atom. The van der Waals surface area contributed by atoms with Gasteiger partial charge in [0.2, 0.25) is 5.91 Å². The minimum atomic E-state index is -0.237. The number of rotatable bonds is 4. The molecule has 4 nitrogen and oxygen atoms in total. The van der Waals surface area contributed by atoms with Crippen molar-refractivity contribution in [1.29, 1.82) is 0 Å². The minimum Gasteiger partial charge on any atom is -0.337 e. The summed E-state index contributed by atoms with van der Waals surface area (Å²) in [6.45, 7) is 2.03. The van der Waals surface area contributed by atoms with Crippen LogP contribution in [0.5, 0.6) is 0 Å². The third kappa shape index (κ3) is 3.57. The van der Waals surface area contributed by atoms with Gasteiger partial charge in [0, 0.05) is 27.9 Å². The standard InChI is InChI=1S/C24H20Cl2N2O2/c1-15(17-12-11-16(25)13-20(17)26)27(2)23(29)14-28-21-9-5-3-7-18(21)24(30)19-8-4-6-10-22(19)28/h3-13,15H,14H2,1-2H3. The largest absolute Gasteiger partial charge is 0.337 e. The van der Waals surface area contributed by atoms with Gasteiger partial charge < -0.3 is 9.47 Å². The molecule has 0 saturated heterocycles. The molecular formula is C24H20Cl2N2O2. The van der Waals surface area contributed by atoms with Crippen LogP contribution in [-0.4, -0.2) is 22.4 Å². The maximum Gasteiger partial charge on any atom is 0.242 e. The van der Waals surface area contributed by atoms with Crippen molar-refractivity contribution >= 4 is 50.9 Å². The molecule has 0 bridgehead atoms. The molecule has 0 radical (unpaired) electrons. The molecule has 152 valence electrons. The summed E-state index contributed by atoms with van der Waals surface area (Å²) < 4.78 is 1.90. The number of amides is 1. The zero-order valence-corrected chi connectivity index (χ0v) is 18.1. The molecule has 4 aromatic rings. The third-order valence-electron chi connectivity index (χ3n) is 5.56. The smallest absolute Gasteiger partial charge is 0.242 e. The molecular weight excluding hydrogens is 419 g/mol. The van der Waals surface area contributed by atoms with Crippen molar-refractivity contribution in [2.75, 3.05) is 7.05 Å². The maximum absolute atomic E-state index is 13.2. The second-order valence-electron chi connectivity index (χ2n) is 7.30. The Bertz CT molecular complexity index is 1270. The Labute approximate surface area is 184 Å². The van der Waals surface area contributed by atoms with Crippen LogP contribution in [0.15, 0.2) is 71.5 Å². The molecule has 0 aliphatic heterocycles. The molecule has 0 saturated carbocycles. The summed E-state index contributed by atoms with van der Waals surface area (Å²) in [5.41, 5.74) is 2.27. The Morgan fingerprint density at radius 2 is 1.53 bits per heavy atom. The topological polar surface area (TPSA) is 42.3 Å². The summed E-state index contributed by atoms with van der Waals surface area (Å²) in [4.78, 5) is 27.8. The van der Waals surface area contributed by atoms with E-state index in [0.29, 0.717) is 20.8 Å². The molecule has 4 rings (SSSR count). The van der Waals surface area contributed by atoms with Gasteiger partial charge in [-0.15, -0.1) is 0 Å². The lowest BCUT2D eigenvalue weighted by molar-refractivity contribution is -0.132. The van der Waals surface area contributed by atoms with E-state index in [0.717, 1.165) is 16.6 Å². The van der Waals surface area contributed by atoms with Gasteiger partial charge >= 0.3 is 0 Å². The minimum absolute atomic E-state index is 0.0282. The highest BCUT2D eigenvalue weighted by Gasteiger charge is 2.21. The van der Waals surface area contributed by atoms with Gasteiger partial charge in [-0.25, -0.2) is 0 Å². The molecule has 1 atom stereocenters. The molecule has 0 aliphatic rings. The Hall–Kier alpha value is -2.82. The van der Waals surface area contributed by atoms with Gasteiger partial charge in [-0.3, -0.25) is 9.59 Å². The van der Waals surface area contributed by atoms with Gasteiger partial charge in [0.15, 0.2) is 5.43 Å². The number of pyridine rings is 1. The number of hydrogen-bond acceptors (Lipinski definition) is 2. The molecule has 1 aromatic heterocycles. The first-order chi connectivity index (χ1) is 14.4. The maximum atomic E-state index is 13.2. The molecule has 3 aromatic carbocycles. The first-order valence-corrected chi connectivity index (χ1v) is 10.3. The molecule has 30 heavy (non-hydrogen) atoms. The lowest BCUT2D eigenvalue weighted by atomic mass is 10.1. The number of fused-ring (bicyclic) bond motifs is 2. The Morgan fingerprint density at radius 1 is 0.967 bits per heavy atom. The third-order valence-corrected chi connectivity index (χ3v) is 6.12. The lowest BCUT2D eigenvalue weighted by Crippen LogP contribution is -2.33. The van der Waals surface area contributed by atoms with Crippen LogP contribution in [0.2, 0.25) is 10.0 Å². The molecule has 6 heteroatoms. The van der Waals surface area contributed by atoms with Crippen LogP contribution in [0.3, 0.4) is 0 Å². The summed E-state index contributed by atoms with van der Waals surface area (Å²) in [6.07, 6.45) is 0. The fourth-order valence-electron chi connectivity index (χ4n) is 3.76. The number of nitrogens with zero attached hydrogens (tertiary/aromatic N) is 2. The SMILES string of the molecule is CC(c1ccc(Cl)cc1Cl)N(C)C(=O)Cn1c2ccccc2c(=O)c2ccccc21. The summed E-state index contributed by atoms with van der Waals surface area (Å²) in [7, 11) is 1.75. The van der Waals surface area contributed by atoms with Crippen LogP contribution in [0.25, 0.3) is 21.8 Å². The highest BCUT2D eigenvalue weighted by molar-refractivity contribution is 6.35. The van der Waals surface area contributed by atoms with Crippen molar-refractivity contribution in [3.63, 3.8) is 0 Å². The number of benzene rings is 3. The van der Waals surface area contributed by atoms with Gasteiger partial charge in [-0.2, -0.15) is 0 Å². The van der Waals surface area contributed by atoms with E-state index in [1.54, 1.807) is 36.2 Å². The average Bonchev–Trinajstić information content (AvgIpc) is 2.75. The van der Waals surface area contributed by atoms with E-state index in [4.69, 9.17) is 23.2 Å². The predicted octanol–water partition coefficient (Wildman–Crippen LogP) is 5.68. The number of carbonyl (C=O) groups is 1.